The Labute approximate surface area is 198 Å². The van der Waals surface area contributed by atoms with E-state index in [9.17, 15) is 31.4 Å². The van der Waals surface area contributed by atoms with Gasteiger partial charge in [0.2, 0.25) is 45.9 Å². The Kier molecular flexibility index (Phi) is 6.80. The molecule has 0 saturated heterocycles. The Morgan fingerprint density at radius 3 is 1.97 bits per heavy atom. The lowest BCUT2D eigenvalue weighted by Gasteiger charge is -2.13. The van der Waals surface area contributed by atoms with E-state index in [1.54, 1.807) is 12.1 Å². The zero-order valence-corrected chi connectivity index (χ0v) is 18.2. The molecule has 0 amide bonds. The molecule has 0 spiro atoms. The average molecular weight is 501 g/mol. The molecule has 0 aliphatic rings. The summed E-state index contributed by atoms with van der Waals surface area (Å²) in [5.74, 6) is -12.6. The maximum absolute atomic E-state index is 13.9. The Morgan fingerprint density at radius 2 is 1.31 bits per heavy atom. The van der Waals surface area contributed by atoms with Crippen molar-refractivity contribution in [3.05, 3.63) is 107 Å². The summed E-state index contributed by atoms with van der Waals surface area (Å²) < 4.78 is 90.6. The summed E-state index contributed by atoms with van der Waals surface area (Å²) >= 11 is -2.72. The van der Waals surface area contributed by atoms with Gasteiger partial charge in [-0.1, -0.05) is 48.5 Å². The predicted octanol–water partition coefficient (Wildman–Crippen LogP) is 6.81. The fourth-order valence-corrected chi connectivity index (χ4v) is 3.89. The molecular formula is C25H12F5NO3S. The van der Waals surface area contributed by atoms with Crippen LogP contribution in [0.1, 0.15) is 5.56 Å². The van der Waals surface area contributed by atoms with Gasteiger partial charge >= 0.3 is 0 Å². The van der Waals surface area contributed by atoms with Gasteiger partial charge in [0.05, 0.1) is 10.5 Å². The van der Waals surface area contributed by atoms with Gasteiger partial charge in [0.1, 0.15) is 17.6 Å². The maximum Gasteiger partial charge on any atom is 0.240 e. The Balaban J connectivity index is 1.64. The van der Waals surface area contributed by atoms with Crippen molar-refractivity contribution in [2.24, 2.45) is 0 Å². The zero-order chi connectivity index (χ0) is 25.1. The van der Waals surface area contributed by atoms with E-state index in [1.807, 2.05) is 48.5 Å². The van der Waals surface area contributed by atoms with E-state index >= 15 is 0 Å². The van der Waals surface area contributed by atoms with Crippen molar-refractivity contribution in [3.8, 4) is 34.4 Å². The van der Waals surface area contributed by atoms with Crippen molar-refractivity contribution in [1.29, 1.82) is 5.26 Å². The first-order valence-electron chi connectivity index (χ1n) is 9.79. The van der Waals surface area contributed by atoms with Crippen LogP contribution in [-0.2, 0) is 11.1 Å². The number of hydrogen-bond acceptors (Lipinski definition) is 4. The van der Waals surface area contributed by atoms with Gasteiger partial charge in [0, 0.05) is 5.56 Å². The highest BCUT2D eigenvalue weighted by Gasteiger charge is 2.29. The average Bonchev–Trinajstić information content (AvgIpc) is 2.89. The fraction of sp³-hybridized carbons (Fsp3) is 0. The highest BCUT2D eigenvalue weighted by molar-refractivity contribution is 7.80. The van der Waals surface area contributed by atoms with E-state index < -0.39 is 45.9 Å². The van der Waals surface area contributed by atoms with E-state index in [1.165, 1.54) is 12.1 Å². The molecule has 4 nitrogen and oxygen atoms in total. The summed E-state index contributed by atoms with van der Waals surface area (Å²) in [5, 5.41) is 9.54. The van der Waals surface area contributed by atoms with Crippen LogP contribution in [-0.4, -0.2) is 4.21 Å². The van der Waals surface area contributed by atoms with E-state index in [0.29, 0.717) is 5.75 Å². The van der Waals surface area contributed by atoms with Crippen LogP contribution in [0.15, 0.2) is 77.7 Å². The Bertz CT molecular complexity index is 1460. The molecule has 4 aromatic carbocycles. The summed E-state index contributed by atoms with van der Waals surface area (Å²) in [7, 11) is 0. The molecule has 4 rings (SSSR count). The molecular weight excluding hydrogens is 489 g/mol. The van der Waals surface area contributed by atoms with Gasteiger partial charge in [-0.2, -0.15) is 14.0 Å². The highest BCUT2D eigenvalue weighted by Crippen LogP contribution is 2.35. The Hall–Kier alpha value is -4.23. The molecule has 0 saturated carbocycles. The number of ether oxygens (including phenoxy) is 1. The highest BCUT2D eigenvalue weighted by atomic mass is 32.2. The minimum absolute atomic E-state index is 0.0767. The van der Waals surface area contributed by atoms with Gasteiger partial charge in [-0.25, -0.2) is 17.4 Å². The standard InChI is InChI=1S/C25H12F5NO3S/c26-20-21(27)23(29)25(24(30)22(20)28)34-35(32)16-10-11-18(15(12-16)13-31)33-19-9-5-4-8-17(19)14-6-2-1-3-7-14/h1-12H. The fourth-order valence-electron chi connectivity index (χ4n) is 3.10. The van der Waals surface area contributed by atoms with Gasteiger partial charge in [-0.15, -0.1) is 0 Å². The summed E-state index contributed by atoms with van der Waals surface area (Å²) in [6, 6.07) is 21.7. The summed E-state index contributed by atoms with van der Waals surface area (Å²) in [4.78, 5) is -0.269. The number of hydrogen-bond donors (Lipinski definition) is 0. The summed E-state index contributed by atoms with van der Waals surface area (Å²) in [6.07, 6.45) is 0. The van der Waals surface area contributed by atoms with Crippen molar-refractivity contribution in [1.82, 2.24) is 0 Å². The van der Waals surface area contributed by atoms with Gasteiger partial charge in [0.25, 0.3) is 0 Å². The molecule has 0 aliphatic carbocycles. The van der Waals surface area contributed by atoms with Gasteiger partial charge < -0.3 is 8.92 Å². The number of rotatable bonds is 6. The van der Waals surface area contributed by atoms with E-state index in [2.05, 4.69) is 4.18 Å². The molecule has 176 valence electrons. The molecule has 0 bridgehead atoms. The largest absolute Gasteiger partial charge is 0.455 e. The summed E-state index contributed by atoms with van der Waals surface area (Å²) in [6.45, 7) is 0. The summed E-state index contributed by atoms with van der Waals surface area (Å²) in [5.41, 5.74) is 1.48. The quantitative estimate of drug-likeness (QED) is 0.165. The lowest BCUT2D eigenvalue weighted by molar-refractivity contribution is 0.352. The van der Waals surface area contributed by atoms with Crippen molar-refractivity contribution in [3.63, 3.8) is 0 Å². The molecule has 10 heteroatoms. The van der Waals surface area contributed by atoms with Crippen LogP contribution >= 0.6 is 0 Å². The first-order valence-corrected chi connectivity index (χ1v) is 10.9. The van der Waals surface area contributed by atoms with Crippen LogP contribution < -0.4 is 8.92 Å². The molecule has 0 aromatic heterocycles. The van der Waals surface area contributed by atoms with Crippen LogP contribution in [0.25, 0.3) is 11.1 Å². The lowest BCUT2D eigenvalue weighted by Crippen LogP contribution is -2.09. The van der Waals surface area contributed by atoms with Crippen LogP contribution in [0.2, 0.25) is 0 Å². The molecule has 1 unspecified atom stereocenters. The first-order chi connectivity index (χ1) is 16.8. The van der Waals surface area contributed by atoms with E-state index in [0.717, 1.165) is 17.2 Å². The molecule has 1 atom stereocenters. The van der Waals surface area contributed by atoms with E-state index in [4.69, 9.17) is 4.74 Å². The third kappa shape index (κ3) is 4.72. The third-order valence-corrected chi connectivity index (χ3v) is 5.74. The molecule has 0 radical (unpaired) electrons. The van der Waals surface area contributed by atoms with Crippen molar-refractivity contribution in [2.75, 3.05) is 0 Å². The van der Waals surface area contributed by atoms with Crippen LogP contribution in [0.4, 0.5) is 22.0 Å². The van der Waals surface area contributed by atoms with Crippen molar-refractivity contribution < 1.29 is 35.1 Å². The first kappa shape index (κ1) is 23.9. The van der Waals surface area contributed by atoms with E-state index in [-0.39, 0.29) is 16.2 Å². The van der Waals surface area contributed by atoms with Gasteiger partial charge in [0.15, 0.2) is 0 Å². The van der Waals surface area contributed by atoms with Crippen LogP contribution in [0.3, 0.4) is 0 Å². The predicted molar refractivity (Wildman–Crippen MR) is 116 cm³/mol. The van der Waals surface area contributed by atoms with Crippen molar-refractivity contribution in [2.45, 2.75) is 4.90 Å². The third-order valence-electron chi connectivity index (χ3n) is 4.78. The van der Waals surface area contributed by atoms with Gasteiger partial charge in [-0.05, 0) is 29.8 Å². The number of benzene rings is 4. The second kappa shape index (κ2) is 9.95. The van der Waals surface area contributed by atoms with Gasteiger partial charge in [-0.3, -0.25) is 0 Å². The topological polar surface area (TPSA) is 59.3 Å². The second-order valence-electron chi connectivity index (χ2n) is 6.95. The Morgan fingerprint density at radius 1 is 0.714 bits per heavy atom. The molecule has 35 heavy (non-hydrogen) atoms. The SMILES string of the molecule is N#Cc1cc(S(=O)Oc2c(F)c(F)c(F)c(F)c2F)ccc1Oc1ccccc1-c1ccccc1. The molecule has 0 fully saturated rings. The number of para-hydroxylation sites is 1. The molecule has 0 aliphatic heterocycles. The second-order valence-corrected chi connectivity index (χ2v) is 8.06. The normalized spacial score (nSPS) is 11.5. The van der Waals surface area contributed by atoms with Crippen LogP contribution in [0, 0.1) is 40.4 Å². The smallest absolute Gasteiger partial charge is 0.240 e. The molecule has 0 heterocycles. The minimum atomic E-state index is -2.72. The van der Waals surface area contributed by atoms with Crippen LogP contribution in [0.5, 0.6) is 17.2 Å². The number of nitrogens with zero attached hydrogens (tertiary/aromatic N) is 1. The lowest BCUT2D eigenvalue weighted by atomic mass is 10.0. The number of nitriles is 1. The molecule has 0 N–H and O–H groups in total. The van der Waals surface area contributed by atoms with Crippen molar-refractivity contribution >= 4 is 11.1 Å². The zero-order valence-electron chi connectivity index (χ0n) is 17.4. The minimum Gasteiger partial charge on any atom is -0.455 e. The molecule has 4 aromatic rings. The number of halogens is 5. The maximum atomic E-state index is 13.9. The monoisotopic (exact) mass is 501 g/mol.